The summed E-state index contributed by atoms with van der Waals surface area (Å²) in [4.78, 5) is 14.4. The fraction of sp³-hybridized carbons (Fsp3) is 0.588. The van der Waals surface area contributed by atoms with Crippen LogP contribution in [0.15, 0.2) is 6.07 Å². The molecule has 0 aromatic heterocycles. The van der Waals surface area contributed by atoms with E-state index in [2.05, 4.69) is 11.0 Å². The third-order valence-corrected chi connectivity index (χ3v) is 5.09. The Kier molecular flexibility index (Phi) is 2.96. The zero-order valence-corrected chi connectivity index (χ0v) is 12.4. The molecule has 0 amide bonds. The topological polar surface area (TPSA) is 49.8 Å². The van der Waals surface area contributed by atoms with Gasteiger partial charge in [0.25, 0.3) is 0 Å². The highest BCUT2D eigenvalue weighted by atomic mass is 16.5. The van der Waals surface area contributed by atoms with Crippen LogP contribution in [0.4, 0.5) is 5.69 Å². The number of nitrogens with zero attached hydrogens (tertiary/aromatic N) is 1. The number of aliphatic hydroxyl groups excluding tert-OH is 1. The number of carbonyl (C=O) groups is 1. The standard InChI is InChI=1S/C17H21NO3/c1-10(19)13-9-15(20)21-17-12-5-3-7-18-6-2-4-11(16(12)18)8-14(13)17/h8,10,13,19H,2-7,9H2,1H3. The molecule has 1 N–H and O–H groups in total. The van der Waals surface area contributed by atoms with Crippen LogP contribution in [-0.2, 0) is 17.6 Å². The molecule has 1 aromatic rings. The van der Waals surface area contributed by atoms with Crippen molar-refractivity contribution in [3.05, 3.63) is 22.8 Å². The number of hydrogen-bond donors (Lipinski definition) is 1. The van der Waals surface area contributed by atoms with Crippen molar-refractivity contribution in [1.29, 1.82) is 0 Å². The van der Waals surface area contributed by atoms with Crippen LogP contribution in [0.1, 0.15) is 48.8 Å². The molecule has 4 rings (SSSR count). The predicted octanol–water partition coefficient (Wildman–Crippen LogP) is 2.16. The summed E-state index contributed by atoms with van der Waals surface area (Å²) in [6.45, 7) is 3.98. The highest BCUT2D eigenvalue weighted by Crippen LogP contribution is 2.47. The van der Waals surface area contributed by atoms with Gasteiger partial charge >= 0.3 is 5.97 Å². The van der Waals surface area contributed by atoms with Crippen molar-refractivity contribution >= 4 is 11.7 Å². The van der Waals surface area contributed by atoms with Crippen molar-refractivity contribution in [2.24, 2.45) is 0 Å². The van der Waals surface area contributed by atoms with E-state index in [9.17, 15) is 9.90 Å². The molecule has 4 nitrogen and oxygen atoms in total. The van der Waals surface area contributed by atoms with Crippen LogP contribution in [0.5, 0.6) is 5.75 Å². The maximum atomic E-state index is 11.9. The molecular formula is C17H21NO3. The lowest BCUT2D eigenvalue weighted by molar-refractivity contribution is -0.136. The fourth-order valence-corrected chi connectivity index (χ4v) is 4.13. The zero-order valence-electron chi connectivity index (χ0n) is 12.4. The van der Waals surface area contributed by atoms with Crippen LogP contribution in [0.2, 0.25) is 0 Å². The van der Waals surface area contributed by atoms with E-state index in [1.165, 1.54) is 23.2 Å². The van der Waals surface area contributed by atoms with Crippen molar-refractivity contribution in [1.82, 2.24) is 0 Å². The molecule has 2 unspecified atom stereocenters. The Labute approximate surface area is 124 Å². The van der Waals surface area contributed by atoms with E-state index >= 15 is 0 Å². The van der Waals surface area contributed by atoms with Gasteiger partial charge in [0.15, 0.2) is 0 Å². The molecule has 0 radical (unpaired) electrons. The van der Waals surface area contributed by atoms with Gasteiger partial charge in [0.05, 0.1) is 12.5 Å². The quantitative estimate of drug-likeness (QED) is 0.635. The summed E-state index contributed by atoms with van der Waals surface area (Å²) in [7, 11) is 0. The summed E-state index contributed by atoms with van der Waals surface area (Å²) in [6, 6.07) is 2.19. The fourth-order valence-electron chi connectivity index (χ4n) is 4.13. The molecule has 0 saturated heterocycles. The number of aliphatic hydroxyl groups is 1. The van der Waals surface area contributed by atoms with E-state index in [4.69, 9.17) is 4.74 Å². The van der Waals surface area contributed by atoms with E-state index in [0.717, 1.165) is 43.7 Å². The lowest BCUT2D eigenvalue weighted by atomic mass is 9.81. The van der Waals surface area contributed by atoms with Gasteiger partial charge in [-0.25, -0.2) is 0 Å². The van der Waals surface area contributed by atoms with E-state index in [1.54, 1.807) is 6.92 Å². The highest BCUT2D eigenvalue weighted by Gasteiger charge is 2.36. The molecule has 2 atom stereocenters. The van der Waals surface area contributed by atoms with Crippen LogP contribution in [0.25, 0.3) is 0 Å². The molecule has 0 aliphatic carbocycles. The molecule has 1 aromatic carbocycles. The van der Waals surface area contributed by atoms with Gasteiger partial charge in [-0.3, -0.25) is 4.79 Å². The number of esters is 1. The number of anilines is 1. The molecular weight excluding hydrogens is 266 g/mol. The minimum atomic E-state index is -0.523. The average molecular weight is 287 g/mol. The van der Waals surface area contributed by atoms with Gasteiger partial charge in [-0.05, 0) is 44.2 Å². The number of carbonyl (C=O) groups excluding carboxylic acids is 1. The monoisotopic (exact) mass is 287 g/mol. The first-order valence-corrected chi connectivity index (χ1v) is 7.97. The van der Waals surface area contributed by atoms with Gasteiger partial charge in [0, 0.05) is 35.8 Å². The minimum absolute atomic E-state index is 0.125. The first-order chi connectivity index (χ1) is 10.1. The van der Waals surface area contributed by atoms with Crippen LogP contribution in [-0.4, -0.2) is 30.3 Å². The van der Waals surface area contributed by atoms with Gasteiger partial charge in [-0.15, -0.1) is 0 Å². The van der Waals surface area contributed by atoms with Gasteiger partial charge in [0.1, 0.15) is 5.75 Å². The van der Waals surface area contributed by atoms with Crippen molar-refractivity contribution in [3.8, 4) is 5.75 Å². The Morgan fingerprint density at radius 1 is 1.33 bits per heavy atom. The highest BCUT2D eigenvalue weighted by molar-refractivity contribution is 5.80. The number of benzene rings is 1. The Hall–Kier alpha value is -1.55. The third kappa shape index (κ3) is 1.96. The van der Waals surface area contributed by atoms with E-state index in [0.29, 0.717) is 0 Å². The summed E-state index contributed by atoms with van der Waals surface area (Å²) in [6.07, 6.45) is 4.12. The molecule has 0 fully saturated rings. The summed E-state index contributed by atoms with van der Waals surface area (Å²) in [5.41, 5.74) is 4.93. The Morgan fingerprint density at radius 3 is 2.86 bits per heavy atom. The Morgan fingerprint density at radius 2 is 2.10 bits per heavy atom. The molecule has 3 aliphatic rings. The van der Waals surface area contributed by atoms with Gasteiger partial charge < -0.3 is 14.7 Å². The molecule has 3 heterocycles. The van der Waals surface area contributed by atoms with Crippen molar-refractivity contribution in [2.45, 2.75) is 51.0 Å². The second kappa shape index (κ2) is 4.73. The van der Waals surface area contributed by atoms with E-state index < -0.39 is 6.10 Å². The zero-order chi connectivity index (χ0) is 14.6. The van der Waals surface area contributed by atoms with Crippen molar-refractivity contribution in [3.63, 3.8) is 0 Å². The van der Waals surface area contributed by atoms with Crippen LogP contribution in [0, 0.1) is 0 Å². The molecule has 0 spiro atoms. The summed E-state index contributed by atoms with van der Waals surface area (Å²) in [5, 5.41) is 10.1. The molecule has 21 heavy (non-hydrogen) atoms. The molecule has 0 bridgehead atoms. The first kappa shape index (κ1) is 13.1. The van der Waals surface area contributed by atoms with Crippen LogP contribution < -0.4 is 9.64 Å². The van der Waals surface area contributed by atoms with Gasteiger partial charge in [0.2, 0.25) is 0 Å². The second-order valence-corrected chi connectivity index (χ2v) is 6.50. The van der Waals surface area contributed by atoms with Crippen LogP contribution in [0.3, 0.4) is 0 Å². The third-order valence-electron chi connectivity index (χ3n) is 5.09. The first-order valence-electron chi connectivity index (χ1n) is 7.97. The number of ether oxygens (including phenoxy) is 1. The van der Waals surface area contributed by atoms with Gasteiger partial charge in [-0.2, -0.15) is 0 Å². The molecule has 4 heteroatoms. The average Bonchev–Trinajstić information content (AvgIpc) is 2.48. The summed E-state index contributed by atoms with van der Waals surface area (Å²) < 4.78 is 5.61. The molecule has 3 aliphatic heterocycles. The van der Waals surface area contributed by atoms with Crippen molar-refractivity contribution < 1.29 is 14.6 Å². The number of aryl methyl sites for hydroxylation is 1. The predicted molar refractivity (Wildman–Crippen MR) is 80.0 cm³/mol. The second-order valence-electron chi connectivity index (χ2n) is 6.50. The van der Waals surface area contributed by atoms with Gasteiger partial charge in [-0.1, -0.05) is 0 Å². The normalized spacial score (nSPS) is 25.0. The lowest BCUT2D eigenvalue weighted by Gasteiger charge is -2.40. The number of fused-ring (bicyclic) bond motifs is 2. The Balaban J connectivity index is 1.93. The number of rotatable bonds is 1. The largest absolute Gasteiger partial charge is 0.426 e. The van der Waals surface area contributed by atoms with Crippen molar-refractivity contribution in [2.75, 3.05) is 18.0 Å². The minimum Gasteiger partial charge on any atom is -0.426 e. The maximum absolute atomic E-state index is 11.9. The smallest absolute Gasteiger partial charge is 0.311 e. The summed E-state index contributed by atoms with van der Waals surface area (Å²) in [5.74, 6) is 0.417. The SMILES string of the molecule is CC(O)C1CC(=O)Oc2c1cc1c3c2CCCN3CCC1. The van der Waals surface area contributed by atoms with E-state index in [1.807, 2.05) is 0 Å². The Bertz CT molecular complexity index is 607. The number of hydrogen-bond acceptors (Lipinski definition) is 4. The molecule has 0 saturated carbocycles. The summed E-state index contributed by atoms with van der Waals surface area (Å²) >= 11 is 0. The van der Waals surface area contributed by atoms with E-state index in [-0.39, 0.29) is 18.3 Å². The molecule has 112 valence electrons. The van der Waals surface area contributed by atoms with Crippen LogP contribution >= 0.6 is 0 Å². The lowest BCUT2D eigenvalue weighted by Crippen LogP contribution is -2.36. The maximum Gasteiger partial charge on any atom is 0.311 e.